The van der Waals surface area contributed by atoms with Crippen molar-refractivity contribution in [1.82, 2.24) is 0 Å². The predicted octanol–water partition coefficient (Wildman–Crippen LogP) is 4.96. The van der Waals surface area contributed by atoms with Crippen molar-refractivity contribution in [3.63, 3.8) is 0 Å². The fourth-order valence-electron chi connectivity index (χ4n) is 2.09. The van der Waals surface area contributed by atoms with E-state index in [9.17, 15) is 9.59 Å². The molecule has 2 N–H and O–H groups in total. The minimum atomic E-state index is -1.07. The van der Waals surface area contributed by atoms with Gasteiger partial charge in [0, 0.05) is 5.56 Å². The second kappa shape index (κ2) is 8.29. The first-order valence-corrected chi connectivity index (χ1v) is 8.03. The van der Waals surface area contributed by atoms with E-state index in [-0.39, 0.29) is 16.9 Å². The molecule has 0 aliphatic rings. The average Bonchev–Trinajstić information content (AvgIpc) is 2.56. The van der Waals surface area contributed by atoms with Gasteiger partial charge in [-0.1, -0.05) is 58.9 Å². The van der Waals surface area contributed by atoms with Gasteiger partial charge in [-0.15, -0.1) is 0 Å². The Morgan fingerprint density at radius 2 is 1.46 bits per heavy atom. The van der Waals surface area contributed by atoms with Crippen LogP contribution >= 0.6 is 0 Å². The molecule has 0 aliphatic carbocycles. The van der Waals surface area contributed by atoms with E-state index in [1.165, 1.54) is 6.07 Å². The van der Waals surface area contributed by atoms with Crippen molar-refractivity contribution in [2.45, 2.75) is 40.0 Å². The van der Waals surface area contributed by atoms with Crippen LogP contribution in [0.25, 0.3) is 0 Å². The molecule has 2 rings (SSSR count). The molecule has 0 heterocycles. The van der Waals surface area contributed by atoms with Gasteiger partial charge in [0.1, 0.15) is 0 Å². The second-order valence-corrected chi connectivity index (χ2v) is 6.13. The molecule has 0 aromatic heterocycles. The summed E-state index contributed by atoms with van der Waals surface area (Å²) in [5.74, 6) is -1.40. The molecule has 2 aromatic carbocycles. The summed E-state index contributed by atoms with van der Waals surface area (Å²) in [7, 11) is 0. The molecule has 0 bridgehead atoms. The number of carbonyl (C=O) groups is 2. The Morgan fingerprint density at radius 1 is 0.917 bits per heavy atom. The van der Waals surface area contributed by atoms with Gasteiger partial charge in [0.2, 0.25) is 0 Å². The third-order valence-corrected chi connectivity index (χ3v) is 3.42. The maximum absolute atomic E-state index is 12.2. The first kappa shape index (κ1) is 19.4. The Balaban J connectivity index is 0.00000139. The highest BCUT2D eigenvalue weighted by Gasteiger charge is 2.16. The van der Waals surface area contributed by atoms with Gasteiger partial charge in [-0.25, -0.2) is 4.79 Å². The van der Waals surface area contributed by atoms with E-state index in [2.05, 4.69) is 26.1 Å². The van der Waals surface area contributed by atoms with E-state index < -0.39 is 5.97 Å². The Bertz CT molecular complexity index is 698. The molecule has 0 spiro atoms. The Labute approximate surface area is 143 Å². The molecule has 0 atom stereocenters. The number of carboxylic acid groups (broad SMARTS) is 1. The number of amides is 1. The van der Waals surface area contributed by atoms with E-state index in [4.69, 9.17) is 5.11 Å². The molecule has 1 amide bonds. The smallest absolute Gasteiger partial charge is 0.337 e. The highest BCUT2D eigenvalue weighted by molar-refractivity contribution is 6.07. The molecular weight excluding hydrogens is 302 g/mol. The summed E-state index contributed by atoms with van der Waals surface area (Å²) >= 11 is 0. The lowest BCUT2D eigenvalue weighted by molar-refractivity contribution is 0.0698. The first-order chi connectivity index (χ1) is 11.3. The molecule has 0 fully saturated rings. The van der Waals surface area contributed by atoms with Crippen LogP contribution < -0.4 is 5.32 Å². The number of nitrogens with one attached hydrogen (secondary N) is 1. The van der Waals surface area contributed by atoms with Crippen LogP contribution in [0.4, 0.5) is 5.69 Å². The quantitative estimate of drug-likeness (QED) is 0.837. The van der Waals surface area contributed by atoms with Crippen molar-refractivity contribution in [3.05, 3.63) is 65.2 Å². The minimum absolute atomic E-state index is 0.0188. The lowest BCUT2D eigenvalue weighted by Gasteiger charge is -2.19. The Morgan fingerprint density at radius 3 is 1.96 bits per heavy atom. The van der Waals surface area contributed by atoms with Gasteiger partial charge in [-0.3, -0.25) is 4.79 Å². The van der Waals surface area contributed by atoms with Gasteiger partial charge < -0.3 is 10.4 Å². The largest absolute Gasteiger partial charge is 0.478 e. The van der Waals surface area contributed by atoms with Gasteiger partial charge in [-0.05, 0) is 35.2 Å². The van der Waals surface area contributed by atoms with E-state index in [0.717, 1.165) is 5.56 Å². The number of anilines is 1. The van der Waals surface area contributed by atoms with Crippen molar-refractivity contribution >= 4 is 17.6 Å². The third kappa shape index (κ3) is 4.95. The van der Waals surface area contributed by atoms with Crippen molar-refractivity contribution in [2.24, 2.45) is 0 Å². The SMILES string of the molecule is CC.CC(C)(C)c1ccc(C(=O)Nc2ccccc2C(=O)O)cc1. The highest BCUT2D eigenvalue weighted by atomic mass is 16.4. The molecular formula is C20H25NO3. The fraction of sp³-hybridized carbons (Fsp3) is 0.300. The van der Waals surface area contributed by atoms with Gasteiger partial charge >= 0.3 is 5.97 Å². The molecule has 0 radical (unpaired) electrons. The van der Waals surface area contributed by atoms with E-state index in [1.807, 2.05) is 26.0 Å². The van der Waals surface area contributed by atoms with E-state index in [1.54, 1.807) is 30.3 Å². The molecule has 0 saturated carbocycles. The normalized spacial score (nSPS) is 10.4. The molecule has 4 heteroatoms. The number of hydrogen-bond donors (Lipinski definition) is 2. The Kier molecular flexibility index (Phi) is 6.71. The molecule has 2 aromatic rings. The van der Waals surface area contributed by atoms with Crippen LogP contribution in [0.15, 0.2) is 48.5 Å². The molecule has 24 heavy (non-hydrogen) atoms. The van der Waals surface area contributed by atoms with Crippen LogP contribution in [0.2, 0.25) is 0 Å². The summed E-state index contributed by atoms with van der Waals surface area (Å²) in [6.07, 6.45) is 0. The predicted molar refractivity (Wildman–Crippen MR) is 97.8 cm³/mol. The monoisotopic (exact) mass is 327 g/mol. The highest BCUT2D eigenvalue weighted by Crippen LogP contribution is 2.23. The number of carboxylic acids is 1. The molecule has 128 valence electrons. The summed E-state index contributed by atoms with van der Waals surface area (Å²) in [6, 6.07) is 13.7. The summed E-state index contributed by atoms with van der Waals surface area (Å²) < 4.78 is 0. The maximum Gasteiger partial charge on any atom is 0.337 e. The third-order valence-electron chi connectivity index (χ3n) is 3.42. The summed E-state index contributed by atoms with van der Waals surface area (Å²) in [4.78, 5) is 23.4. The topological polar surface area (TPSA) is 66.4 Å². The fourth-order valence-corrected chi connectivity index (χ4v) is 2.09. The molecule has 0 aliphatic heterocycles. The number of para-hydroxylation sites is 1. The number of aromatic carboxylic acids is 1. The van der Waals surface area contributed by atoms with Gasteiger partial charge in [0.15, 0.2) is 0 Å². The molecule has 0 saturated heterocycles. The zero-order chi connectivity index (χ0) is 18.3. The van der Waals surface area contributed by atoms with Crippen molar-refractivity contribution < 1.29 is 14.7 Å². The molecule has 0 unspecified atom stereocenters. The van der Waals surface area contributed by atoms with Crippen molar-refractivity contribution in [1.29, 1.82) is 0 Å². The first-order valence-electron chi connectivity index (χ1n) is 8.03. The van der Waals surface area contributed by atoms with Crippen LogP contribution in [-0.2, 0) is 5.41 Å². The lowest BCUT2D eigenvalue weighted by atomic mass is 9.87. The second-order valence-electron chi connectivity index (χ2n) is 6.13. The van der Waals surface area contributed by atoms with Crippen LogP contribution in [0.5, 0.6) is 0 Å². The lowest BCUT2D eigenvalue weighted by Crippen LogP contribution is -2.16. The summed E-state index contributed by atoms with van der Waals surface area (Å²) in [5, 5.41) is 11.8. The summed E-state index contributed by atoms with van der Waals surface area (Å²) in [5.41, 5.74) is 2.01. The van der Waals surface area contributed by atoms with Gasteiger partial charge in [-0.2, -0.15) is 0 Å². The maximum atomic E-state index is 12.2. The number of hydrogen-bond acceptors (Lipinski definition) is 2. The minimum Gasteiger partial charge on any atom is -0.478 e. The zero-order valence-electron chi connectivity index (χ0n) is 14.9. The van der Waals surface area contributed by atoms with Gasteiger partial charge in [0.25, 0.3) is 5.91 Å². The Hall–Kier alpha value is -2.62. The summed E-state index contributed by atoms with van der Waals surface area (Å²) in [6.45, 7) is 10.3. The van der Waals surface area contributed by atoms with Crippen molar-refractivity contribution in [2.75, 3.05) is 5.32 Å². The number of rotatable bonds is 3. The van der Waals surface area contributed by atoms with E-state index in [0.29, 0.717) is 11.3 Å². The van der Waals surface area contributed by atoms with Crippen molar-refractivity contribution in [3.8, 4) is 0 Å². The van der Waals surface area contributed by atoms with Gasteiger partial charge in [0.05, 0.1) is 11.3 Å². The number of benzene rings is 2. The van der Waals surface area contributed by atoms with Crippen LogP contribution in [0.3, 0.4) is 0 Å². The molecule has 4 nitrogen and oxygen atoms in total. The van der Waals surface area contributed by atoms with Crippen LogP contribution in [0, 0.1) is 0 Å². The average molecular weight is 327 g/mol. The van der Waals surface area contributed by atoms with E-state index >= 15 is 0 Å². The number of carbonyl (C=O) groups excluding carboxylic acids is 1. The standard InChI is InChI=1S/C18H19NO3.C2H6/c1-18(2,3)13-10-8-12(9-11-13)16(20)19-15-7-5-4-6-14(15)17(21)22;1-2/h4-11H,1-3H3,(H,19,20)(H,21,22);1-2H3. The zero-order valence-corrected chi connectivity index (χ0v) is 14.9. The van der Waals surface area contributed by atoms with Crippen LogP contribution in [-0.4, -0.2) is 17.0 Å². The van der Waals surface area contributed by atoms with Crippen LogP contribution in [0.1, 0.15) is 60.9 Å².